The first-order valence-electron chi connectivity index (χ1n) is 14.7. The minimum Gasteiger partial charge on any atom is -0.465 e. The van der Waals surface area contributed by atoms with Gasteiger partial charge < -0.3 is 28.7 Å². The standard InChI is InChI=1S/C16H19BFNO4.C16H18FNO2.CH4/c1-9-7-13-11(8-12(9)18)14(16(20)23-2)15(17(21)22)19(13)10-5-3-4-6-10;1-10-7-15-12(8-14(10)17)13(16(19)20-2)9-18(15)11-5-3-4-6-11;/h7-8,10,21-22H,3-6H2,1-2H3;7-9,11H,3-6H2,1-2H3;1H4. The number of carbonyl (C=O) groups excluding carboxylic acids is 2. The molecule has 0 aliphatic heterocycles. The van der Waals surface area contributed by atoms with E-state index in [9.17, 15) is 28.4 Å². The third-order valence-electron chi connectivity index (χ3n) is 8.88. The first-order valence-corrected chi connectivity index (χ1v) is 14.7. The van der Waals surface area contributed by atoms with Gasteiger partial charge in [-0.05, 0) is 74.9 Å². The molecule has 236 valence electrons. The van der Waals surface area contributed by atoms with Gasteiger partial charge in [-0.15, -0.1) is 0 Å². The average molecular weight is 611 g/mol. The van der Waals surface area contributed by atoms with Crippen LogP contribution in [0.5, 0.6) is 0 Å². The van der Waals surface area contributed by atoms with Crippen molar-refractivity contribution in [3.63, 3.8) is 0 Å². The van der Waals surface area contributed by atoms with E-state index in [-0.39, 0.29) is 30.4 Å². The second-order valence-electron chi connectivity index (χ2n) is 11.6. The third kappa shape index (κ3) is 5.99. The molecule has 2 saturated carbocycles. The monoisotopic (exact) mass is 610 g/mol. The summed E-state index contributed by atoms with van der Waals surface area (Å²) in [5.74, 6) is -1.83. The van der Waals surface area contributed by atoms with Gasteiger partial charge in [-0.1, -0.05) is 33.1 Å². The van der Waals surface area contributed by atoms with Crippen molar-refractivity contribution in [3.05, 3.63) is 64.4 Å². The summed E-state index contributed by atoms with van der Waals surface area (Å²) in [6.45, 7) is 3.40. The Morgan fingerprint density at radius 3 is 1.82 bits per heavy atom. The summed E-state index contributed by atoms with van der Waals surface area (Å²) in [7, 11) is 0.741. The smallest absolute Gasteiger partial charge is 0.465 e. The molecule has 2 N–H and O–H groups in total. The molecule has 2 aromatic heterocycles. The zero-order valence-corrected chi connectivity index (χ0v) is 25.0. The van der Waals surface area contributed by atoms with E-state index in [0.717, 1.165) is 44.0 Å². The second-order valence-corrected chi connectivity index (χ2v) is 11.6. The highest BCUT2D eigenvalue weighted by Crippen LogP contribution is 2.36. The fourth-order valence-electron chi connectivity index (χ4n) is 6.71. The maximum Gasteiger partial charge on any atom is 0.506 e. The number of aryl methyl sites for hydroxylation is 2. The van der Waals surface area contributed by atoms with Crippen molar-refractivity contribution in [2.24, 2.45) is 0 Å². The Labute approximate surface area is 256 Å². The van der Waals surface area contributed by atoms with Crippen LogP contribution in [-0.2, 0) is 9.47 Å². The molecule has 44 heavy (non-hydrogen) atoms. The molecule has 6 rings (SSSR count). The van der Waals surface area contributed by atoms with Crippen LogP contribution in [0.4, 0.5) is 8.78 Å². The molecule has 0 saturated heterocycles. The predicted octanol–water partition coefficient (Wildman–Crippen LogP) is 6.30. The van der Waals surface area contributed by atoms with Crippen LogP contribution < -0.4 is 5.59 Å². The Balaban J connectivity index is 0.000000198. The molecule has 0 amide bonds. The van der Waals surface area contributed by atoms with Gasteiger partial charge in [0.25, 0.3) is 0 Å². The number of carbonyl (C=O) groups is 2. The fraction of sp³-hybridized carbons (Fsp3) is 0.455. The minimum atomic E-state index is -1.83. The van der Waals surface area contributed by atoms with Crippen LogP contribution in [0.15, 0.2) is 30.5 Å². The minimum absolute atomic E-state index is 0. The van der Waals surface area contributed by atoms with Gasteiger partial charge in [-0.3, -0.25) is 0 Å². The van der Waals surface area contributed by atoms with Crippen molar-refractivity contribution in [2.75, 3.05) is 14.2 Å². The summed E-state index contributed by atoms with van der Waals surface area (Å²) in [6, 6.07) is 6.67. The van der Waals surface area contributed by atoms with Gasteiger partial charge in [0.05, 0.1) is 30.9 Å². The SMILES string of the molecule is C.COC(=O)c1c(B(O)O)n(C2CCCC2)c2cc(C)c(F)cc12.COC(=O)c1cn(C2CCCC2)c2cc(C)c(F)cc12. The Hall–Kier alpha value is -3.70. The van der Waals surface area contributed by atoms with E-state index in [1.807, 2.05) is 12.3 Å². The van der Waals surface area contributed by atoms with Gasteiger partial charge >= 0.3 is 19.1 Å². The van der Waals surface area contributed by atoms with Crippen LogP contribution in [0, 0.1) is 25.5 Å². The number of halogens is 2. The van der Waals surface area contributed by atoms with Crippen molar-refractivity contribution in [1.82, 2.24) is 9.13 Å². The van der Waals surface area contributed by atoms with Crippen LogP contribution >= 0.6 is 0 Å². The molecular formula is C33H41BF2N2O6. The zero-order valence-electron chi connectivity index (χ0n) is 25.0. The van der Waals surface area contributed by atoms with E-state index >= 15 is 0 Å². The molecule has 0 radical (unpaired) electrons. The Morgan fingerprint density at radius 1 is 0.795 bits per heavy atom. The lowest BCUT2D eigenvalue weighted by Crippen LogP contribution is -2.41. The molecule has 2 heterocycles. The van der Waals surface area contributed by atoms with E-state index in [4.69, 9.17) is 9.47 Å². The lowest BCUT2D eigenvalue weighted by molar-refractivity contribution is 0.0594. The molecular weight excluding hydrogens is 569 g/mol. The zero-order chi connectivity index (χ0) is 31.0. The molecule has 2 aliphatic carbocycles. The number of nitrogens with zero attached hydrogens (tertiary/aromatic N) is 2. The second kappa shape index (κ2) is 13.5. The van der Waals surface area contributed by atoms with Crippen molar-refractivity contribution in [2.45, 2.75) is 84.7 Å². The first kappa shape index (κ1) is 33.2. The average Bonchev–Trinajstić information content (AvgIpc) is 3.79. The van der Waals surface area contributed by atoms with E-state index in [0.29, 0.717) is 39.0 Å². The lowest BCUT2D eigenvalue weighted by atomic mass is 9.82. The van der Waals surface area contributed by atoms with Crippen LogP contribution in [0.3, 0.4) is 0 Å². The van der Waals surface area contributed by atoms with Crippen LogP contribution in [0.2, 0.25) is 0 Å². The van der Waals surface area contributed by atoms with E-state index in [1.54, 1.807) is 24.5 Å². The van der Waals surface area contributed by atoms with Gasteiger partial charge in [0.15, 0.2) is 0 Å². The van der Waals surface area contributed by atoms with Gasteiger partial charge in [-0.2, -0.15) is 0 Å². The lowest BCUT2D eigenvalue weighted by Gasteiger charge is -2.18. The highest BCUT2D eigenvalue weighted by Gasteiger charge is 2.34. The number of hydrogen-bond donors (Lipinski definition) is 2. The number of aromatic nitrogens is 2. The van der Waals surface area contributed by atoms with E-state index in [2.05, 4.69) is 4.57 Å². The summed E-state index contributed by atoms with van der Waals surface area (Å²) in [4.78, 5) is 24.1. The Morgan fingerprint density at radius 2 is 1.30 bits per heavy atom. The van der Waals surface area contributed by atoms with Gasteiger partial charge in [-0.25, -0.2) is 18.4 Å². The molecule has 0 atom stereocenters. The van der Waals surface area contributed by atoms with E-state index < -0.39 is 24.9 Å². The largest absolute Gasteiger partial charge is 0.506 e. The van der Waals surface area contributed by atoms with Crippen molar-refractivity contribution in [3.8, 4) is 0 Å². The number of methoxy groups -OCH3 is 2. The molecule has 11 heteroatoms. The summed E-state index contributed by atoms with van der Waals surface area (Å²) in [5.41, 5.74) is 3.19. The van der Waals surface area contributed by atoms with Gasteiger partial charge in [0.2, 0.25) is 0 Å². The predicted molar refractivity (Wildman–Crippen MR) is 168 cm³/mol. The quantitative estimate of drug-likeness (QED) is 0.203. The highest BCUT2D eigenvalue weighted by atomic mass is 19.1. The maximum atomic E-state index is 14.0. The summed E-state index contributed by atoms with van der Waals surface area (Å²) in [6.07, 6.45) is 10.3. The molecule has 0 spiro atoms. The number of ether oxygens (including phenoxy) is 2. The molecule has 0 unspecified atom stereocenters. The topological polar surface area (TPSA) is 103 Å². The van der Waals surface area contributed by atoms with Crippen LogP contribution in [0.25, 0.3) is 21.8 Å². The van der Waals surface area contributed by atoms with Crippen molar-refractivity contribution < 1.29 is 37.9 Å². The molecule has 2 fully saturated rings. The third-order valence-corrected chi connectivity index (χ3v) is 8.88. The summed E-state index contributed by atoms with van der Waals surface area (Å²) < 4.78 is 41.4. The maximum absolute atomic E-state index is 14.0. The molecule has 0 bridgehead atoms. The number of fused-ring (bicyclic) bond motifs is 2. The van der Waals surface area contributed by atoms with Crippen molar-refractivity contribution >= 4 is 46.5 Å². The Kier molecular flexibility index (Phi) is 10.2. The summed E-state index contributed by atoms with van der Waals surface area (Å²) in [5, 5.41) is 20.7. The molecule has 2 aliphatic rings. The number of esters is 2. The number of rotatable bonds is 5. The Bertz CT molecular complexity index is 1680. The first-order chi connectivity index (χ1) is 20.6. The fourth-order valence-corrected chi connectivity index (χ4v) is 6.71. The normalized spacial score (nSPS) is 15.3. The molecule has 4 aromatic rings. The van der Waals surface area contributed by atoms with Crippen LogP contribution in [-0.4, -0.2) is 52.5 Å². The van der Waals surface area contributed by atoms with Crippen molar-refractivity contribution in [1.29, 1.82) is 0 Å². The van der Waals surface area contributed by atoms with Gasteiger partial charge in [0.1, 0.15) is 11.6 Å². The highest BCUT2D eigenvalue weighted by molar-refractivity contribution is 6.60. The summed E-state index contributed by atoms with van der Waals surface area (Å²) >= 11 is 0. The molecule has 8 nitrogen and oxygen atoms in total. The molecule has 2 aromatic carbocycles. The number of hydrogen-bond acceptors (Lipinski definition) is 6. The number of benzene rings is 2. The van der Waals surface area contributed by atoms with Gasteiger partial charge in [0, 0.05) is 40.1 Å². The van der Waals surface area contributed by atoms with E-state index in [1.165, 1.54) is 39.2 Å². The van der Waals surface area contributed by atoms with Crippen LogP contribution in [0.1, 0.15) is 103 Å².